The lowest BCUT2D eigenvalue weighted by atomic mass is 10.2. The molecule has 0 unspecified atom stereocenters. The van der Waals surface area contributed by atoms with Crippen LogP contribution in [0.15, 0.2) is 58.3 Å². The number of aromatic nitrogens is 2. The molecule has 0 radical (unpaired) electrons. The van der Waals surface area contributed by atoms with Crippen LogP contribution in [0, 0.1) is 0 Å². The summed E-state index contributed by atoms with van der Waals surface area (Å²) in [6.45, 7) is 0.541. The summed E-state index contributed by atoms with van der Waals surface area (Å²) in [5.74, 6) is -0.243. The van der Waals surface area contributed by atoms with E-state index in [9.17, 15) is 14.4 Å². The topological polar surface area (TPSA) is 84.3 Å². The molecule has 1 aliphatic rings. The van der Waals surface area contributed by atoms with Crippen molar-refractivity contribution in [3.63, 3.8) is 0 Å². The van der Waals surface area contributed by atoms with Crippen molar-refractivity contribution in [2.75, 3.05) is 16.8 Å². The minimum Gasteiger partial charge on any atom is -0.324 e. The summed E-state index contributed by atoms with van der Waals surface area (Å²) < 4.78 is 1.33. The summed E-state index contributed by atoms with van der Waals surface area (Å²) in [6.07, 6.45) is 2.80. The number of hydrogen-bond acceptors (Lipinski definition) is 6. The van der Waals surface area contributed by atoms with E-state index in [2.05, 4.69) is 10.3 Å². The third kappa shape index (κ3) is 3.77. The van der Waals surface area contributed by atoms with Gasteiger partial charge in [0.05, 0.1) is 11.7 Å². The molecular weight excluding hydrogens is 432 g/mol. The normalized spacial score (nSPS) is 13.8. The predicted molar refractivity (Wildman–Crippen MR) is 124 cm³/mol. The van der Waals surface area contributed by atoms with Crippen molar-refractivity contribution in [3.8, 4) is 10.4 Å². The maximum atomic E-state index is 13.1. The number of nitrogens with zero attached hydrogens (tertiary/aromatic N) is 3. The van der Waals surface area contributed by atoms with Gasteiger partial charge in [0.2, 0.25) is 11.8 Å². The lowest BCUT2D eigenvalue weighted by Crippen LogP contribution is -2.28. The van der Waals surface area contributed by atoms with Crippen molar-refractivity contribution < 1.29 is 9.59 Å². The molecule has 1 saturated heterocycles. The maximum Gasteiger partial charge on any atom is 0.263 e. The number of rotatable bonds is 5. The number of carbonyl (C=O) groups excluding carboxylic acids is 2. The van der Waals surface area contributed by atoms with Crippen LogP contribution in [-0.4, -0.2) is 27.9 Å². The van der Waals surface area contributed by atoms with Crippen LogP contribution in [0.2, 0.25) is 0 Å². The molecule has 1 aromatic carbocycles. The van der Waals surface area contributed by atoms with E-state index in [-0.39, 0.29) is 23.9 Å². The molecule has 156 valence electrons. The molecule has 31 heavy (non-hydrogen) atoms. The van der Waals surface area contributed by atoms with Crippen LogP contribution < -0.4 is 15.8 Å². The summed E-state index contributed by atoms with van der Waals surface area (Å²) >= 11 is 2.98. The highest BCUT2D eigenvalue weighted by molar-refractivity contribution is 7.18. The van der Waals surface area contributed by atoms with Crippen molar-refractivity contribution in [1.82, 2.24) is 9.55 Å². The van der Waals surface area contributed by atoms with E-state index in [0.29, 0.717) is 28.9 Å². The van der Waals surface area contributed by atoms with E-state index in [4.69, 9.17) is 0 Å². The van der Waals surface area contributed by atoms with Gasteiger partial charge in [0.15, 0.2) is 0 Å². The molecule has 0 atom stereocenters. The fourth-order valence-electron chi connectivity index (χ4n) is 3.72. The van der Waals surface area contributed by atoms with E-state index in [0.717, 1.165) is 22.5 Å². The molecule has 0 spiro atoms. The van der Waals surface area contributed by atoms with Crippen molar-refractivity contribution in [3.05, 3.63) is 63.8 Å². The average molecular weight is 451 g/mol. The Labute approximate surface area is 185 Å². The second-order valence-corrected chi connectivity index (χ2v) is 9.04. The van der Waals surface area contributed by atoms with Gasteiger partial charge < -0.3 is 10.2 Å². The lowest BCUT2D eigenvalue weighted by Gasteiger charge is -2.17. The van der Waals surface area contributed by atoms with Crippen LogP contribution in [-0.2, 0) is 16.1 Å². The number of nitrogens with one attached hydrogen (secondary N) is 1. The Morgan fingerprint density at radius 3 is 2.84 bits per heavy atom. The molecule has 7 nitrogen and oxygen atoms in total. The molecule has 2 amide bonds. The number of fused-ring (bicyclic) bond motifs is 1. The summed E-state index contributed by atoms with van der Waals surface area (Å²) in [7, 11) is 0. The molecule has 3 aromatic heterocycles. The van der Waals surface area contributed by atoms with Crippen molar-refractivity contribution in [1.29, 1.82) is 0 Å². The molecule has 1 aliphatic heterocycles. The zero-order valence-corrected chi connectivity index (χ0v) is 18.0. The number of thiophene rings is 2. The van der Waals surface area contributed by atoms with Gasteiger partial charge in [0.25, 0.3) is 5.56 Å². The smallest absolute Gasteiger partial charge is 0.263 e. The van der Waals surface area contributed by atoms with Crippen molar-refractivity contribution in [2.45, 2.75) is 19.4 Å². The number of amides is 2. The Balaban J connectivity index is 1.37. The Bertz CT molecular complexity index is 1340. The fraction of sp³-hybridized carbons (Fsp3) is 0.182. The Morgan fingerprint density at radius 2 is 2.06 bits per heavy atom. The van der Waals surface area contributed by atoms with Crippen LogP contribution in [0.3, 0.4) is 0 Å². The first-order valence-electron chi connectivity index (χ1n) is 9.81. The molecule has 0 aliphatic carbocycles. The van der Waals surface area contributed by atoms with Crippen LogP contribution in [0.25, 0.3) is 20.7 Å². The van der Waals surface area contributed by atoms with Crippen molar-refractivity contribution in [2.24, 2.45) is 0 Å². The molecule has 0 bridgehead atoms. The van der Waals surface area contributed by atoms with Gasteiger partial charge in [0.1, 0.15) is 11.4 Å². The van der Waals surface area contributed by atoms with Gasteiger partial charge in [-0.05, 0) is 36.1 Å². The minimum absolute atomic E-state index is 0.0895. The number of hydrogen-bond donors (Lipinski definition) is 1. The molecule has 1 fully saturated rings. The second kappa shape index (κ2) is 8.09. The zero-order chi connectivity index (χ0) is 21.4. The predicted octanol–water partition coefficient (Wildman–Crippen LogP) is 3.95. The zero-order valence-electron chi connectivity index (χ0n) is 16.4. The van der Waals surface area contributed by atoms with E-state index in [1.165, 1.54) is 22.2 Å². The highest BCUT2D eigenvalue weighted by atomic mass is 32.1. The monoisotopic (exact) mass is 450 g/mol. The first kappa shape index (κ1) is 19.7. The average Bonchev–Trinajstić information content (AvgIpc) is 3.50. The van der Waals surface area contributed by atoms with Gasteiger partial charge in [-0.15, -0.1) is 22.7 Å². The molecule has 1 N–H and O–H groups in total. The Hall–Kier alpha value is -3.30. The highest BCUT2D eigenvalue weighted by Gasteiger charge is 2.22. The van der Waals surface area contributed by atoms with Crippen LogP contribution in [0.4, 0.5) is 11.4 Å². The van der Waals surface area contributed by atoms with Gasteiger partial charge in [-0.3, -0.25) is 19.0 Å². The fourth-order valence-corrected chi connectivity index (χ4v) is 5.44. The third-order valence-electron chi connectivity index (χ3n) is 5.18. The molecule has 0 saturated carbocycles. The summed E-state index contributed by atoms with van der Waals surface area (Å²) in [6, 6.07) is 11.1. The van der Waals surface area contributed by atoms with E-state index in [1.54, 1.807) is 34.4 Å². The Morgan fingerprint density at radius 1 is 1.16 bits per heavy atom. The van der Waals surface area contributed by atoms with E-state index < -0.39 is 0 Å². The minimum atomic E-state index is -0.332. The van der Waals surface area contributed by atoms with E-state index >= 15 is 0 Å². The lowest BCUT2D eigenvalue weighted by molar-refractivity contribution is -0.117. The number of anilines is 2. The Kier molecular flexibility index (Phi) is 5.13. The third-order valence-corrected chi connectivity index (χ3v) is 6.97. The number of carbonyl (C=O) groups is 2. The maximum absolute atomic E-state index is 13.1. The van der Waals surface area contributed by atoms with Gasteiger partial charge in [-0.25, -0.2) is 4.98 Å². The second-order valence-electron chi connectivity index (χ2n) is 7.23. The summed E-state index contributed by atoms with van der Waals surface area (Å²) in [5.41, 5.74) is 1.96. The molecule has 9 heteroatoms. The largest absolute Gasteiger partial charge is 0.324 e. The van der Waals surface area contributed by atoms with Gasteiger partial charge in [0, 0.05) is 40.2 Å². The molecule has 4 aromatic rings. The quantitative estimate of drug-likeness (QED) is 0.499. The van der Waals surface area contributed by atoms with Gasteiger partial charge in [-0.2, -0.15) is 0 Å². The van der Waals surface area contributed by atoms with E-state index in [1.807, 2.05) is 29.0 Å². The van der Waals surface area contributed by atoms with Crippen LogP contribution >= 0.6 is 22.7 Å². The van der Waals surface area contributed by atoms with Crippen molar-refractivity contribution >= 4 is 56.1 Å². The molecule has 5 rings (SSSR count). The van der Waals surface area contributed by atoms with Crippen LogP contribution in [0.5, 0.6) is 0 Å². The summed E-state index contributed by atoms with van der Waals surface area (Å²) in [5, 5.41) is 7.25. The summed E-state index contributed by atoms with van der Waals surface area (Å²) in [4.78, 5) is 45.4. The van der Waals surface area contributed by atoms with Gasteiger partial charge >= 0.3 is 0 Å². The highest BCUT2D eigenvalue weighted by Crippen LogP contribution is 2.33. The van der Waals surface area contributed by atoms with Crippen LogP contribution in [0.1, 0.15) is 12.8 Å². The number of benzene rings is 1. The molecular formula is C22H18N4O3S2. The first-order valence-corrected chi connectivity index (χ1v) is 11.6. The SMILES string of the molecule is O=C(Cn1cnc2scc(-c3cccs3)c2c1=O)Nc1cccc(N2CCCC2=O)c1. The first-order chi connectivity index (χ1) is 15.1. The standard InChI is InChI=1S/C22H18N4O3S2/c27-18(24-14-4-1-5-15(10-14)26-8-2-7-19(26)28)11-25-13-23-21-20(22(25)29)16(12-31-21)17-6-3-9-30-17/h1,3-6,9-10,12-13H,2,7-8,11H2,(H,24,27). The van der Waals surface area contributed by atoms with Gasteiger partial charge in [-0.1, -0.05) is 12.1 Å². The molecule has 4 heterocycles.